The van der Waals surface area contributed by atoms with Gasteiger partial charge in [0.2, 0.25) is 0 Å². The largest absolute Gasteiger partial charge is 0.324 e. The van der Waals surface area contributed by atoms with Gasteiger partial charge in [0.25, 0.3) is 0 Å². The van der Waals surface area contributed by atoms with Gasteiger partial charge in [-0.3, -0.25) is 0 Å². The second-order valence-corrected chi connectivity index (χ2v) is 6.07. The molecular formula is C14H12Cl2IN. The Morgan fingerprint density at radius 3 is 2.56 bits per heavy atom. The smallest absolute Gasteiger partial charge is 0.0438 e. The van der Waals surface area contributed by atoms with Gasteiger partial charge in [0.05, 0.1) is 0 Å². The van der Waals surface area contributed by atoms with Crippen molar-refractivity contribution in [3.63, 3.8) is 0 Å². The molecule has 0 heterocycles. The molecule has 2 aromatic carbocycles. The predicted octanol–water partition coefficient (Wildman–Crippen LogP) is 4.84. The minimum atomic E-state index is -0.101. The topological polar surface area (TPSA) is 26.0 Å². The minimum absolute atomic E-state index is 0.101. The quantitative estimate of drug-likeness (QED) is 0.744. The van der Waals surface area contributed by atoms with Crippen molar-refractivity contribution in [1.29, 1.82) is 0 Å². The van der Waals surface area contributed by atoms with Crippen LogP contribution in [0.4, 0.5) is 0 Å². The van der Waals surface area contributed by atoms with Crippen LogP contribution in [0.25, 0.3) is 0 Å². The first kappa shape index (κ1) is 14.1. The lowest BCUT2D eigenvalue weighted by Gasteiger charge is -2.15. The van der Waals surface area contributed by atoms with Gasteiger partial charge in [-0.25, -0.2) is 0 Å². The van der Waals surface area contributed by atoms with Crippen LogP contribution in [0.5, 0.6) is 0 Å². The summed E-state index contributed by atoms with van der Waals surface area (Å²) in [4.78, 5) is 0. The fourth-order valence-corrected chi connectivity index (χ4v) is 2.94. The van der Waals surface area contributed by atoms with E-state index in [2.05, 4.69) is 22.6 Å². The van der Waals surface area contributed by atoms with Crippen LogP contribution in [0.2, 0.25) is 10.0 Å². The molecular weight excluding hydrogens is 380 g/mol. The van der Waals surface area contributed by atoms with Gasteiger partial charge in [0, 0.05) is 19.7 Å². The number of benzene rings is 2. The summed E-state index contributed by atoms with van der Waals surface area (Å²) >= 11 is 14.4. The van der Waals surface area contributed by atoms with Crippen molar-refractivity contribution >= 4 is 45.8 Å². The highest BCUT2D eigenvalue weighted by molar-refractivity contribution is 14.1. The molecule has 0 radical (unpaired) electrons. The molecule has 0 bridgehead atoms. The summed E-state index contributed by atoms with van der Waals surface area (Å²) < 4.78 is 1.12. The molecule has 0 amide bonds. The van der Waals surface area contributed by atoms with E-state index >= 15 is 0 Å². The van der Waals surface area contributed by atoms with Crippen LogP contribution < -0.4 is 5.73 Å². The van der Waals surface area contributed by atoms with Crippen LogP contribution >= 0.6 is 45.8 Å². The van der Waals surface area contributed by atoms with E-state index in [9.17, 15) is 0 Å². The van der Waals surface area contributed by atoms with E-state index < -0.39 is 0 Å². The van der Waals surface area contributed by atoms with Crippen LogP contribution in [0.1, 0.15) is 17.2 Å². The van der Waals surface area contributed by atoms with Crippen molar-refractivity contribution in [2.75, 3.05) is 0 Å². The molecule has 0 aliphatic carbocycles. The van der Waals surface area contributed by atoms with Crippen molar-refractivity contribution < 1.29 is 0 Å². The second-order valence-electron chi connectivity index (χ2n) is 4.07. The van der Waals surface area contributed by atoms with Gasteiger partial charge in [-0.1, -0.05) is 41.4 Å². The van der Waals surface area contributed by atoms with Gasteiger partial charge in [0.15, 0.2) is 0 Å². The zero-order chi connectivity index (χ0) is 13.1. The summed E-state index contributed by atoms with van der Waals surface area (Å²) in [5.41, 5.74) is 8.36. The Bertz CT molecular complexity index is 557. The summed E-state index contributed by atoms with van der Waals surface area (Å²) in [5, 5.41) is 1.46. The normalized spacial score (nSPS) is 12.4. The van der Waals surface area contributed by atoms with Crippen LogP contribution in [0.15, 0.2) is 42.5 Å². The highest BCUT2D eigenvalue weighted by Gasteiger charge is 2.12. The molecule has 4 heteroatoms. The predicted molar refractivity (Wildman–Crippen MR) is 86.3 cm³/mol. The summed E-state index contributed by atoms with van der Waals surface area (Å²) in [6.07, 6.45) is 0.704. The van der Waals surface area contributed by atoms with Gasteiger partial charge in [0.1, 0.15) is 0 Å². The van der Waals surface area contributed by atoms with E-state index in [1.807, 2.05) is 42.5 Å². The Kier molecular flexibility index (Phi) is 4.90. The number of nitrogens with two attached hydrogens (primary N) is 1. The number of rotatable bonds is 3. The van der Waals surface area contributed by atoms with Crippen molar-refractivity contribution in [3.05, 3.63) is 67.2 Å². The molecule has 0 aliphatic rings. The van der Waals surface area contributed by atoms with Gasteiger partial charge in [-0.2, -0.15) is 0 Å². The molecule has 0 spiro atoms. The Hall–Kier alpha value is -0.290. The average molecular weight is 392 g/mol. The molecule has 0 aromatic heterocycles. The molecule has 18 heavy (non-hydrogen) atoms. The zero-order valence-corrected chi connectivity index (χ0v) is 13.2. The highest BCUT2D eigenvalue weighted by atomic mass is 127. The third kappa shape index (κ3) is 3.38. The second kappa shape index (κ2) is 6.24. The maximum absolute atomic E-state index is 6.24. The van der Waals surface area contributed by atoms with Crippen LogP contribution in [0.3, 0.4) is 0 Å². The van der Waals surface area contributed by atoms with E-state index in [0.29, 0.717) is 11.4 Å². The molecule has 0 saturated carbocycles. The zero-order valence-electron chi connectivity index (χ0n) is 9.54. The Morgan fingerprint density at radius 2 is 1.83 bits per heavy atom. The molecule has 0 fully saturated rings. The van der Waals surface area contributed by atoms with E-state index in [1.54, 1.807) is 0 Å². The molecule has 2 rings (SSSR count). The summed E-state index contributed by atoms with van der Waals surface area (Å²) in [6.45, 7) is 0. The van der Waals surface area contributed by atoms with E-state index in [-0.39, 0.29) is 6.04 Å². The third-order valence-corrected chi connectivity index (χ3v) is 4.34. The first-order valence-corrected chi connectivity index (χ1v) is 7.35. The monoisotopic (exact) mass is 391 g/mol. The van der Waals surface area contributed by atoms with Crippen LogP contribution in [-0.2, 0) is 6.42 Å². The molecule has 2 N–H and O–H groups in total. The Balaban J connectivity index is 2.25. The summed E-state index contributed by atoms with van der Waals surface area (Å²) in [6, 6.07) is 13.4. The molecule has 1 unspecified atom stereocenters. The highest BCUT2D eigenvalue weighted by Crippen LogP contribution is 2.27. The van der Waals surface area contributed by atoms with Crippen molar-refractivity contribution in [2.45, 2.75) is 12.5 Å². The standard InChI is InChI=1S/C14H12Cl2IN/c15-10-5-6-13(17)11(8-10)14(18)7-9-3-1-2-4-12(9)16/h1-6,8,14H,7,18H2. The number of hydrogen-bond acceptors (Lipinski definition) is 1. The van der Waals surface area contributed by atoms with Crippen LogP contribution in [-0.4, -0.2) is 0 Å². The van der Waals surface area contributed by atoms with Crippen molar-refractivity contribution in [3.8, 4) is 0 Å². The molecule has 2 aromatic rings. The van der Waals surface area contributed by atoms with Crippen LogP contribution in [0, 0.1) is 3.57 Å². The van der Waals surface area contributed by atoms with Crippen molar-refractivity contribution in [1.82, 2.24) is 0 Å². The molecule has 94 valence electrons. The molecule has 1 nitrogen and oxygen atoms in total. The van der Waals surface area contributed by atoms with E-state index in [4.69, 9.17) is 28.9 Å². The Labute approximate surface area is 130 Å². The summed E-state index contributed by atoms with van der Waals surface area (Å²) in [5.74, 6) is 0. The average Bonchev–Trinajstić information content (AvgIpc) is 2.35. The minimum Gasteiger partial charge on any atom is -0.324 e. The Morgan fingerprint density at radius 1 is 1.11 bits per heavy atom. The van der Waals surface area contributed by atoms with E-state index in [1.165, 1.54) is 0 Å². The first-order valence-electron chi connectivity index (χ1n) is 5.52. The number of halogens is 3. The van der Waals surface area contributed by atoms with Gasteiger partial charge >= 0.3 is 0 Å². The lowest BCUT2D eigenvalue weighted by molar-refractivity contribution is 0.718. The fraction of sp³-hybridized carbons (Fsp3) is 0.143. The van der Waals surface area contributed by atoms with Crippen molar-refractivity contribution in [2.24, 2.45) is 5.73 Å². The molecule has 0 saturated heterocycles. The molecule has 1 atom stereocenters. The fourth-order valence-electron chi connectivity index (χ4n) is 1.81. The maximum atomic E-state index is 6.24. The summed E-state index contributed by atoms with van der Waals surface area (Å²) in [7, 11) is 0. The number of hydrogen-bond donors (Lipinski definition) is 1. The molecule has 0 aliphatic heterocycles. The van der Waals surface area contributed by atoms with Gasteiger partial charge in [-0.05, 0) is 64.4 Å². The first-order chi connectivity index (χ1) is 8.58. The lowest BCUT2D eigenvalue weighted by atomic mass is 10.00. The van der Waals surface area contributed by atoms with Gasteiger partial charge < -0.3 is 5.73 Å². The lowest BCUT2D eigenvalue weighted by Crippen LogP contribution is -2.15. The maximum Gasteiger partial charge on any atom is 0.0438 e. The van der Waals surface area contributed by atoms with E-state index in [0.717, 1.165) is 19.7 Å². The SMILES string of the molecule is NC(Cc1ccccc1Cl)c1cc(Cl)ccc1I. The third-order valence-electron chi connectivity index (χ3n) is 2.76. The van der Waals surface area contributed by atoms with Gasteiger partial charge in [-0.15, -0.1) is 0 Å².